The molecule has 0 saturated carbocycles. The van der Waals surface area contributed by atoms with Gasteiger partial charge in [-0.2, -0.15) is 0 Å². The van der Waals surface area contributed by atoms with Crippen LogP contribution in [0.1, 0.15) is 20.8 Å². The molecule has 1 aliphatic heterocycles. The molecule has 0 bridgehead atoms. The van der Waals surface area contributed by atoms with Crippen molar-refractivity contribution >= 4 is 32.6 Å². The molecule has 0 aliphatic carbocycles. The SMILES string of the molecule is CN1CCN(CCOc2ccc3c(c2)c(=O)oc2cc(OC[S+](C)C(C)(C)C)ccc23)CC1. The lowest BCUT2D eigenvalue weighted by molar-refractivity contribution is 0.134. The van der Waals surface area contributed by atoms with Crippen molar-refractivity contribution in [2.45, 2.75) is 25.5 Å². The first-order chi connectivity index (χ1) is 15.7. The molecule has 6 nitrogen and oxygen atoms in total. The Morgan fingerprint density at radius 3 is 2.30 bits per heavy atom. The maximum Gasteiger partial charge on any atom is 0.344 e. The minimum Gasteiger partial charge on any atom is -0.492 e. The number of piperazine rings is 1. The molecular weight excluding hydrogens is 436 g/mol. The van der Waals surface area contributed by atoms with E-state index in [-0.39, 0.29) is 21.3 Å². The highest BCUT2D eigenvalue weighted by Crippen LogP contribution is 2.29. The normalized spacial score (nSPS) is 16.9. The lowest BCUT2D eigenvalue weighted by atomic mass is 10.1. The molecule has 2 heterocycles. The van der Waals surface area contributed by atoms with Crippen molar-refractivity contribution in [2.24, 2.45) is 0 Å². The van der Waals surface area contributed by atoms with Gasteiger partial charge in [-0.15, -0.1) is 0 Å². The molecule has 1 aromatic heterocycles. The largest absolute Gasteiger partial charge is 0.492 e. The van der Waals surface area contributed by atoms with E-state index in [1.54, 1.807) is 6.07 Å². The highest BCUT2D eigenvalue weighted by atomic mass is 32.2. The van der Waals surface area contributed by atoms with Crippen LogP contribution in [-0.4, -0.2) is 73.1 Å². The topological polar surface area (TPSA) is 55.2 Å². The Morgan fingerprint density at radius 2 is 1.61 bits per heavy atom. The van der Waals surface area contributed by atoms with Gasteiger partial charge in [0.25, 0.3) is 0 Å². The summed E-state index contributed by atoms with van der Waals surface area (Å²) in [6.07, 6.45) is 2.21. The summed E-state index contributed by atoms with van der Waals surface area (Å²) in [6, 6.07) is 11.4. The van der Waals surface area contributed by atoms with Crippen molar-refractivity contribution < 1.29 is 13.9 Å². The summed E-state index contributed by atoms with van der Waals surface area (Å²) >= 11 is 0. The lowest BCUT2D eigenvalue weighted by Gasteiger charge is -2.32. The molecule has 0 amide bonds. The molecule has 1 atom stereocenters. The number of nitrogens with zero attached hydrogens (tertiary/aromatic N) is 2. The Bertz CT molecular complexity index is 1160. The first kappa shape index (κ1) is 23.9. The molecule has 0 spiro atoms. The van der Waals surface area contributed by atoms with Crippen LogP contribution < -0.4 is 15.1 Å². The molecular formula is C26H35N2O4S+. The zero-order valence-electron chi connectivity index (χ0n) is 20.3. The first-order valence-electron chi connectivity index (χ1n) is 11.5. The zero-order chi connectivity index (χ0) is 23.6. The van der Waals surface area contributed by atoms with E-state index in [9.17, 15) is 4.79 Å². The third kappa shape index (κ3) is 5.83. The summed E-state index contributed by atoms with van der Waals surface area (Å²) in [5, 5.41) is 2.30. The fourth-order valence-corrected chi connectivity index (χ4v) is 4.43. The smallest absolute Gasteiger partial charge is 0.344 e. The second kappa shape index (κ2) is 9.95. The Kier molecular flexibility index (Phi) is 7.22. The predicted octanol–water partition coefficient (Wildman–Crippen LogP) is 3.96. The third-order valence-electron chi connectivity index (χ3n) is 6.38. The molecule has 7 heteroatoms. The molecule has 1 saturated heterocycles. The second-order valence-corrected chi connectivity index (χ2v) is 12.5. The van der Waals surface area contributed by atoms with Crippen LogP contribution in [0.2, 0.25) is 0 Å². The van der Waals surface area contributed by atoms with Crippen LogP contribution in [0.3, 0.4) is 0 Å². The highest BCUT2D eigenvalue weighted by Gasteiger charge is 2.30. The quantitative estimate of drug-likeness (QED) is 0.295. The van der Waals surface area contributed by atoms with Crippen molar-refractivity contribution in [3.63, 3.8) is 0 Å². The molecule has 0 N–H and O–H groups in total. The molecule has 4 rings (SSSR count). The van der Waals surface area contributed by atoms with Gasteiger partial charge < -0.3 is 18.8 Å². The van der Waals surface area contributed by atoms with E-state index in [1.807, 2.05) is 30.3 Å². The van der Waals surface area contributed by atoms with E-state index < -0.39 is 0 Å². The van der Waals surface area contributed by atoms with Gasteiger partial charge in [0, 0.05) is 60.5 Å². The van der Waals surface area contributed by atoms with Crippen LogP contribution >= 0.6 is 0 Å². The van der Waals surface area contributed by atoms with Gasteiger partial charge in [-0.1, -0.05) is 0 Å². The number of rotatable bonds is 7. The van der Waals surface area contributed by atoms with E-state index in [4.69, 9.17) is 13.9 Å². The van der Waals surface area contributed by atoms with Crippen LogP contribution in [0.4, 0.5) is 0 Å². The fraction of sp³-hybridized carbons (Fsp3) is 0.500. The lowest BCUT2D eigenvalue weighted by Crippen LogP contribution is -2.45. The summed E-state index contributed by atoms with van der Waals surface area (Å²) in [4.78, 5) is 17.5. The molecule has 1 fully saturated rings. The summed E-state index contributed by atoms with van der Waals surface area (Å²) in [6.45, 7) is 12.4. The number of hydrogen-bond acceptors (Lipinski definition) is 6. The van der Waals surface area contributed by atoms with Gasteiger partial charge in [0.15, 0.2) is 0 Å². The highest BCUT2D eigenvalue weighted by molar-refractivity contribution is 7.97. The van der Waals surface area contributed by atoms with Crippen molar-refractivity contribution in [3.8, 4) is 11.5 Å². The second-order valence-electron chi connectivity index (χ2n) is 9.76. The Balaban J connectivity index is 1.47. The number of benzene rings is 2. The van der Waals surface area contributed by atoms with Gasteiger partial charge in [0.2, 0.25) is 5.94 Å². The van der Waals surface area contributed by atoms with Crippen LogP contribution in [0, 0.1) is 0 Å². The monoisotopic (exact) mass is 471 g/mol. The third-order valence-corrected chi connectivity index (χ3v) is 8.94. The number of fused-ring (bicyclic) bond motifs is 3. The summed E-state index contributed by atoms with van der Waals surface area (Å²) in [7, 11) is 2.26. The fourth-order valence-electron chi connectivity index (χ4n) is 3.77. The van der Waals surface area contributed by atoms with Gasteiger partial charge in [0.05, 0.1) is 5.39 Å². The van der Waals surface area contributed by atoms with Crippen molar-refractivity contribution in [1.82, 2.24) is 9.80 Å². The van der Waals surface area contributed by atoms with Gasteiger partial charge in [-0.3, -0.25) is 4.90 Å². The van der Waals surface area contributed by atoms with Gasteiger partial charge >= 0.3 is 5.63 Å². The van der Waals surface area contributed by atoms with E-state index in [0.717, 1.165) is 49.2 Å². The maximum absolute atomic E-state index is 12.7. The van der Waals surface area contributed by atoms with E-state index >= 15 is 0 Å². The van der Waals surface area contributed by atoms with Crippen molar-refractivity contribution in [2.75, 3.05) is 58.6 Å². The predicted molar refractivity (Wildman–Crippen MR) is 138 cm³/mol. The average Bonchev–Trinajstić information content (AvgIpc) is 2.78. The van der Waals surface area contributed by atoms with Crippen molar-refractivity contribution in [3.05, 3.63) is 46.8 Å². The van der Waals surface area contributed by atoms with Gasteiger partial charge in [0.1, 0.15) is 34.7 Å². The van der Waals surface area contributed by atoms with Crippen LogP contribution in [-0.2, 0) is 10.9 Å². The minimum atomic E-state index is -0.357. The minimum absolute atomic E-state index is 0.109. The molecule has 1 unspecified atom stereocenters. The Hall–Kier alpha value is -2.22. The molecule has 2 aromatic carbocycles. The first-order valence-corrected chi connectivity index (χ1v) is 13.3. The molecule has 3 aromatic rings. The van der Waals surface area contributed by atoms with Gasteiger partial charge in [-0.05, 0) is 58.2 Å². The van der Waals surface area contributed by atoms with Crippen LogP contribution in [0.5, 0.6) is 11.5 Å². The van der Waals surface area contributed by atoms with E-state index in [1.165, 1.54) is 0 Å². The average molecular weight is 472 g/mol. The standard InChI is InChI=1S/C26H35N2O4S/c1-26(2,3)33(5)18-31-20-7-9-22-21-8-6-19(16-23(21)25(29)32-24(22)17-20)30-15-14-28-12-10-27(4)11-13-28/h6-9,16-17H,10-15,18H2,1-5H3/q+1. The number of hydrogen-bond donors (Lipinski definition) is 0. The van der Waals surface area contributed by atoms with Crippen molar-refractivity contribution in [1.29, 1.82) is 0 Å². The summed E-state index contributed by atoms with van der Waals surface area (Å²) < 4.78 is 17.8. The summed E-state index contributed by atoms with van der Waals surface area (Å²) in [5.41, 5.74) is 0.185. The molecule has 33 heavy (non-hydrogen) atoms. The Morgan fingerprint density at radius 1 is 0.939 bits per heavy atom. The molecule has 178 valence electrons. The number of ether oxygens (including phenoxy) is 2. The molecule has 0 radical (unpaired) electrons. The van der Waals surface area contributed by atoms with E-state index in [2.05, 4.69) is 43.9 Å². The summed E-state index contributed by atoms with van der Waals surface area (Å²) in [5.74, 6) is 2.06. The zero-order valence-corrected chi connectivity index (χ0v) is 21.2. The Labute approximate surface area is 198 Å². The van der Waals surface area contributed by atoms with E-state index in [0.29, 0.717) is 29.3 Å². The number of likely N-dealkylation sites (N-methyl/N-ethyl adjacent to an activating group) is 1. The van der Waals surface area contributed by atoms with Gasteiger partial charge in [-0.25, -0.2) is 4.79 Å². The maximum atomic E-state index is 12.7. The molecule has 1 aliphatic rings. The van der Waals surface area contributed by atoms with Crippen LogP contribution in [0.15, 0.2) is 45.6 Å². The van der Waals surface area contributed by atoms with Crippen LogP contribution in [0.25, 0.3) is 21.7 Å².